The van der Waals surface area contributed by atoms with Crippen molar-refractivity contribution < 1.29 is 23.1 Å². The predicted molar refractivity (Wildman–Crippen MR) is 135 cm³/mol. The van der Waals surface area contributed by atoms with Gasteiger partial charge in [-0.1, -0.05) is 68.0 Å². The summed E-state index contributed by atoms with van der Waals surface area (Å²) in [6, 6.07) is 20.7. The highest BCUT2D eigenvalue weighted by molar-refractivity contribution is 5.69. The fourth-order valence-electron chi connectivity index (χ4n) is 3.85. The molecule has 0 aliphatic heterocycles. The lowest BCUT2D eigenvalue weighted by atomic mass is 10.1. The molecule has 0 heterocycles. The number of aliphatic carboxylic acids is 1. The molecule has 0 unspecified atom stereocenters. The molecule has 3 aromatic carbocycles. The fourth-order valence-corrected chi connectivity index (χ4v) is 3.85. The predicted octanol–water partition coefficient (Wildman–Crippen LogP) is 6.92. The number of hydrogen-bond acceptors (Lipinski definition) is 2. The van der Waals surface area contributed by atoms with Crippen LogP contribution in [0, 0.1) is 11.8 Å². The molecule has 0 radical (unpaired) electrons. The van der Waals surface area contributed by atoms with Crippen molar-refractivity contribution in [2.45, 2.75) is 51.9 Å². The lowest BCUT2D eigenvalue weighted by Crippen LogP contribution is -2.29. The van der Waals surface area contributed by atoms with Gasteiger partial charge in [-0.3, -0.25) is 9.69 Å². The summed E-state index contributed by atoms with van der Waals surface area (Å²) in [5.41, 5.74) is 3.89. The maximum atomic E-state index is 12.8. The zero-order chi connectivity index (χ0) is 26.0. The van der Waals surface area contributed by atoms with Crippen LogP contribution in [-0.4, -0.2) is 22.5 Å². The molecule has 0 bridgehead atoms. The van der Waals surface area contributed by atoms with Gasteiger partial charge < -0.3 is 5.11 Å². The van der Waals surface area contributed by atoms with Crippen molar-refractivity contribution >= 4 is 5.97 Å². The number of unbranched alkanes of at least 4 members (excludes halogenated alkanes) is 2. The standard InChI is InChI=1S/C30H30F3NO2/c1-2-3-4-5-23-6-8-24(9-7-23)10-11-25-12-14-26(15-13-25)20-34(22-29(35)36)21-27-16-18-28(19-17-27)30(31,32)33/h6-9,12-19H,2-5,20-22H2,1H3,(H,35,36). The average Bonchev–Trinajstić information content (AvgIpc) is 2.84. The summed E-state index contributed by atoms with van der Waals surface area (Å²) < 4.78 is 38.4. The monoisotopic (exact) mass is 493 g/mol. The van der Waals surface area contributed by atoms with Gasteiger partial charge in [0.15, 0.2) is 0 Å². The lowest BCUT2D eigenvalue weighted by molar-refractivity contribution is -0.139. The van der Waals surface area contributed by atoms with Crippen molar-refractivity contribution in [3.8, 4) is 11.8 Å². The van der Waals surface area contributed by atoms with Gasteiger partial charge >= 0.3 is 12.1 Å². The van der Waals surface area contributed by atoms with Crippen molar-refractivity contribution in [1.29, 1.82) is 0 Å². The van der Waals surface area contributed by atoms with Crippen LogP contribution in [0.1, 0.15) is 59.6 Å². The molecule has 0 saturated heterocycles. The number of carbonyl (C=O) groups is 1. The number of carboxylic acid groups (broad SMARTS) is 1. The third kappa shape index (κ3) is 8.90. The smallest absolute Gasteiger partial charge is 0.416 e. The van der Waals surface area contributed by atoms with Crippen molar-refractivity contribution in [3.63, 3.8) is 0 Å². The minimum Gasteiger partial charge on any atom is -0.480 e. The molecule has 6 heteroatoms. The van der Waals surface area contributed by atoms with E-state index in [0.717, 1.165) is 35.2 Å². The van der Waals surface area contributed by atoms with Crippen LogP contribution in [0.15, 0.2) is 72.8 Å². The van der Waals surface area contributed by atoms with Gasteiger partial charge in [0, 0.05) is 24.2 Å². The Kier molecular flexibility index (Phi) is 9.72. The van der Waals surface area contributed by atoms with Crippen LogP contribution in [0.4, 0.5) is 13.2 Å². The molecule has 0 aliphatic rings. The summed E-state index contributed by atoms with van der Waals surface area (Å²) in [5.74, 6) is 5.33. The van der Waals surface area contributed by atoms with E-state index >= 15 is 0 Å². The van der Waals surface area contributed by atoms with Crippen molar-refractivity contribution in [1.82, 2.24) is 4.90 Å². The van der Waals surface area contributed by atoms with Gasteiger partial charge in [0.2, 0.25) is 0 Å². The van der Waals surface area contributed by atoms with E-state index in [1.54, 1.807) is 4.90 Å². The Hall–Kier alpha value is -3.56. The Morgan fingerprint density at radius 2 is 1.25 bits per heavy atom. The number of hydrogen-bond donors (Lipinski definition) is 1. The molecule has 0 saturated carbocycles. The van der Waals surface area contributed by atoms with E-state index in [-0.39, 0.29) is 13.1 Å². The summed E-state index contributed by atoms with van der Waals surface area (Å²) in [5, 5.41) is 9.28. The molecule has 0 spiro atoms. The molecule has 0 aromatic heterocycles. The molecule has 1 N–H and O–H groups in total. The van der Waals surface area contributed by atoms with E-state index in [0.29, 0.717) is 12.1 Å². The van der Waals surface area contributed by atoms with Gasteiger partial charge in [-0.15, -0.1) is 0 Å². The fraction of sp³-hybridized carbons (Fsp3) is 0.300. The van der Waals surface area contributed by atoms with Gasteiger partial charge in [0.1, 0.15) is 0 Å². The highest BCUT2D eigenvalue weighted by atomic mass is 19.4. The van der Waals surface area contributed by atoms with Gasteiger partial charge in [0.05, 0.1) is 12.1 Å². The summed E-state index contributed by atoms with van der Waals surface area (Å²) in [7, 11) is 0. The van der Waals surface area contributed by atoms with E-state index in [2.05, 4.69) is 30.9 Å². The van der Waals surface area contributed by atoms with Crippen LogP contribution in [0.5, 0.6) is 0 Å². The molecule has 36 heavy (non-hydrogen) atoms. The topological polar surface area (TPSA) is 40.5 Å². The van der Waals surface area contributed by atoms with Gasteiger partial charge in [-0.2, -0.15) is 13.2 Å². The first kappa shape index (κ1) is 27.0. The lowest BCUT2D eigenvalue weighted by Gasteiger charge is -2.21. The number of nitrogens with zero attached hydrogens (tertiary/aromatic N) is 1. The third-order valence-electron chi connectivity index (χ3n) is 5.78. The summed E-state index contributed by atoms with van der Waals surface area (Å²) in [6.07, 6.45) is 0.324. The van der Waals surface area contributed by atoms with Crippen molar-refractivity contribution in [2.24, 2.45) is 0 Å². The number of alkyl halides is 3. The molecule has 0 atom stereocenters. The Morgan fingerprint density at radius 3 is 1.69 bits per heavy atom. The molecular formula is C30H30F3NO2. The van der Waals surface area contributed by atoms with E-state index in [1.807, 2.05) is 36.4 Å². The second kappa shape index (κ2) is 12.9. The molecular weight excluding hydrogens is 463 g/mol. The minimum atomic E-state index is -4.40. The Bertz CT molecular complexity index is 1170. The first-order chi connectivity index (χ1) is 17.2. The Morgan fingerprint density at radius 1 is 0.778 bits per heavy atom. The largest absolute Gasteiger partial charge is 0.480 e. The highest BCUT2D eigenvalue weighted by Gasteiger charge is 2.30. The number of rotatable bonds is 10. The van der Waals surface area contributed by atoms with Crippen LogP contribution >= 0.6 is 0 Å². The van der Waals surface area contributed by atoms with E-state index in [1.165, 1.54) is 37.0 Å². The third-order valence-corrected chi connectivity index (χ3v) is 5.78. The number of carboxylic acids is 1. The van der Waals surface area contributed by atoms with E-state index in [9.17, 15) is 23.1 Å². The Balaban J connectivity index is 1.61. The van der Waals surface area contributed by atoms with Crippen LogP contribution in [0.3, 0.4) is 0 Å². The van der Waals surface area contributed by atoms with Crippen LogP contribution in [-0.2, 0) is 30.5 Å². The maximum absolute atomic E-state index is 12.8. The average molecular weight is 494 g/mol. The maximum Gasteiger partial charge on any atom is 0.416 e. The number of benzene rings is 3. The summed E-state index contributed by atoms with van der Waals surface area (Å²) in [4.78, 5) is 13.0. The van der Waals surface area contributed by atoms with Crippen LogP contribution in [0.2, 0.25) is 0 Å². The summed E-state index contributed by atoms with van der Waals surface area (Å²) in [6.45, 7) is 2.54. The minimum absolute atomic E-state index is 0.223. The second-order valence-electron chi connectivity index (χ2n) is 8.83. The first-order valence-electron chi connectivity index (χ1n) is 12.0. The van der Waals surface area contributed by atoms with Gasteiger partial charge in [0.25, 0.3) is 0 Å². The molecule has 0 amide bonds. The molecule has 3 rings (SSSR count). The molecule has 3 nitrogen and oxygen atoms in total. The highest BCUT2D eigenvalue weighted by Crippen LogP contribution is 2.29. The van der Waals surface area contributed by atoms with E-state index < -0.39 is 17.7 Å². The van der Waals surface area contributed by atoms with Crippen molar-refractivity contribution in [3.05, 3.63) is 106 Å². The number of aryl methyl sites for hydroxylation is 1. The SMILES string of the molecule is CCCCCc1ccc(C#Cc2ccc(CN(CC(=O)O)Cc3ccc(C(F)(F)F)cc3)cc2)cc1. The first-order valence-corrected chi connectivity index (χ1v) is 12.0. The molecule has 0 aliphatic carbocycles. The van der Waals surface area contributed by atoms with Gasteiger partial charge in [-0.25, -0.2) is 0 Å². The van der Waals surface area contributed by atoms with Crippen LogP contribution in [0.25, 0.3) is 0 Å². The molecule has 188 valence electrons. The Labute approximate surface area is 210 Å². The zero-order valence-electron chi connectivity index (χ0n) is 20.3. The zero-order valence-corrected chi connectivity index (χ0v) is 20.3. The summed E-state index contributed by atoms with van der Waals surface area (Å²) >= 11 is 0. The van der Waals surface area contributed by atoms with E-state index in [4.69, 9.17) is 0 Å². The molecule has 3 aromatic rings. The van der Waals surface area contributed by atoms with Gasteiger partial charge in [-0.05, 0) is 65.9 Å². The van der Waals surface area contributed by atoms with Crippen LogP contribution < -0.4 is 0 Å². The normalized spacial score (nSPS) is 11.2. The molecule has 0 fully saturated rings. The van der Waals surface area contributed by atoms with Crippen molar-refractivity contribution in [2.75, 3.05) is 6.54 Å². The second-order valence-corrected chi connectivity index (χ2v) is 8.83. The quantitative estimate of drug-likeness (QED) is 0.246. The number of halogens is 3.